The van der Waals surface area contributed by atoms with Gasteiger partial charge in [-0.1, -0.05) is 19.1 Å². The largest absolute Gasteiger partial charge is 0.309 e. The number of nitrogens with zero attached hydrogens (tertiary/aromatic N) is 1. The van der Waals surface area contributed by atoms with Crippen LogP contribution in [0, 0.1) is 11.6 Å². The summed E-state index contributed by atoms with van der Waals surface area (Å²) in [6.45, 7) is 3.86. The molecule has 112 valence electrons. The van der Waals surface area contributed by atoms with E-state index in [9.17, 15) is 8.78 Å². The van der Waals surface area contributed by atoms with E-state index >= 15 is 0 Å². The van der Waals surface area contributed by atoms with Crippen LogP contribution in [0.5, 0.6) is 0 Å². The molecule has 5 heteroatoms. The van der Waals surface area contributed by atoms with E-state index in [1.54, 1.807) is 12.1 Å². The fourth-order valence-corrected chi connectivity index (χ4v) is 3.84. The van der Waals surface area contributed by atoms with Gasteiger partial charge in [-0.2, -0.15) is 11.8 Å². The highest BCUT2D eigenvalue weighted by molar-refractivity contribution is 7.99. The Hall–Kier alpha value is -0.650. The van der Waals surface area contributed by atoms with Crippen molar-refractivity contribution < 1.29 is 8.78 Å². The molecule has 0 radical (unpaired) electrons. The van der Waals surface area contributed by atoms with E-state index in [1.807, 2.05) is 11.8 Å². The average Bonchev–Trinajstić information content (AvgIpc) is 2.45. The van der Waals surface area contributed by atoms with Crippen LogP contribution in [-0.4, -0.2) is 42.6 Å². The molecule has 1 saturated heterocycles. The summed E-state index contributed by atoms with van der Waals surface area (Å²) in [4.78, 5) is 2.24. The number of likely N-dealkylation sites (N-methyl/N-ethyl adjacent to an activating group) is 1. The van der Waals surface area contributed by atoms with Gasteiger partial charge in [-0.25, -0.2) is 8.78 Å². The molecular weight excluding hydrogens is 278 g/mol. The molecule has 1 heterocycles. The van der Waals surface area contributed by atoms with Gasteiger partial charge in [0, 0.05) is 29.7 Å². The predicted octanol–water partition coefficient (Wildman–Crippen LogP) is 3.05. The normalized spacial score (nSPS) is 21.9. The van der Waals surface area contributed by atoms with Crippen molar-refractivity contribution in [3.63, 3.8) is 0 Å². The summed E-state index contributed by atoms with van der Waals surface area (Å²) in [5.74, 6) is 0.550. The summed E-state index contributed by atoms with van der Waals surface area (Å²) < 4.78 is 27.6. The molecule has 2 nitrogen and oxygen atoms in total. The van der Waals surface area contributed by atoms with Crippen molar-refractivity contribution >= 4 is 11.8 Å². The number of benzene rings is 1. The van der Waals surface area contributed by atoms with E-state index in [1.165, 1.54) is 6.07 Å². The minimum Gasteiger partial charge on any atom is -0.309 e. The second-order valence-electron chi connectivity index (χ2n) is 5.20. The average molecular weight is 300 g/mol. The molecule has 0 spiro atoms. The Bertz CT molecular complexity index is 442. The van der Waals surface area contributed by atoms with Gasteiger partial charge in [0.05, 0.1) is 6.04 Å². The van der Waals surface area contributed by atoms with Crippen LogP contribution < -0.4 is 5.32 Å². The van der Waals surface area contributed by atoms with Crippen molar-refractivity contribution in [2.75, 3.05) is 31.6 Å². The third kappa shape index (κ3) is 3.51. The van der Waals surface area contributed by atoms with E-state index in [-0.39, 0.29) is 12.1 Å². The Morgan fingerprint density at radius 3 is 2.95 bits per heavy atom. The Labute approximate surface area is 123 Å². The molecule has 0 saturated carbocycles. The van der Waals surface area contributed by atoms with Crippen LogP contribution in [-0.2, 0) is 0 Å². The molecule has 2 rings (SSSR count). The van der Waals surface area contributed by atoms with Gasteiger partial charge in [-0.3, -0.25) is 4.90 Å². The van der Waals surface area contributed by atoms with Crippen LogP contribution in [0.2, 0.25) is 0 Å². The molecule has 0 amide bonds. The molecule has 20 heavy (non-hydrogen) atoms. The summed E-state index contributed by atoms with van der Waals surface area (Å²) in [5.41, 5.74) is 0.442. The van der Waals surface area contributed by atoms with Gasteiger partial charge in [-0.05, 0) is 26.1 Å². The lowest BCUT2D eigenvalue weighted by molar-refractivity contribution is 0.212. The SMILES string of the molecule is CCCNC(c1cccc(F)c1F)C1CSCCN1C. The Kier molecular flexibility index (Phi) is 5.81. The second kappa shape index (κ2) is 7.38. The Balaban J connectivity index is 2.28. The van der Waals surface area contributed by atoms with Gasteiger partial charge in [0.1, 0.15) is 0 Å². The highest BCUT2D eigenvalue weighted by Gasteiger charge is 2.31. The van der Waals surface area contributed by atoms with Crippen molar-refractivity contribution in [1.82, 2.24) is 10.2 Å². The third-order valence-corrected chi connectivity index (χ3v) is 4.81. The van der Waals surface area contributed by atoms with Crippen LogP contribution in [0.3, 0.4) is 0 Å². The quantitative estimate of drug-likeness (QED) is 0.900. The van der Waals surface area contributed by atoms with Crippen LogP contribution >= 0.6 is 11.8 Å². The van der Waals surface area contributed by atoms with E-state index in [0.717, 1.165) is 31.0 Å². The lowest BCUT2D eigenvalue weighted by atomic mass is 9.98. The maximum absolute atomic E-state index is 14.1. The molecule has 2 atom stereocenters. The molecule has 1 aliphatic rings. The predicted molar refractivity (Wildman–Crippen MR) is 81.1 cm³/mol. The summed E-state index contributed by atoms with van der Waals surface area (Å²) in [6, 6.07) is 4.48. The molecular formula is C15H22F2N2S. The monoisotopic (exact) mass is 300 g/mol. The van der Waals surface area contributed by atoms with Crippen molar-refractivity contribution in [3.8, 4) is 0 Å². The van der Waals surface area contributed by atoms with E-state index < -0.39 is 11.6 Å². The third-order valence-electron chi connectivity index (χ3n) is 3.76. The first-order valence-corrected chi connectivity index (χ1v) is 8.26. The van der Waals surface area contributed by atoms with Crippen molar-refractivity contribution in [2.24, 2.45) is 0 Å². The topological polar surface area (TPSA) is 15.3 Å². The van der Waals surface area contributed by atoms with E-state index in [2.05, 4.69) is 24.2 Å². The van der Waals surface area contributed by atoms with Crippen molar-refractivity contribution in [3.05, 3.63) is 35.4 Å². The molecule has 1 aromatic carbocycles. The molecule has 0 aliphatic carbocycles. The molecule has 0 aromatic heterocycles. The highest BCUT2D eigenvalue weighted by Crippen LogP contribution is 2.29. The molecule has 2 unspecified atom stereocenters. The van der Waals surface area contributed by atoms with Gasteiger partial charge in [0.15, 0.2) is 11.6 Å². The number of thioether (sulfide) groups is 1. The van der Waals surface area contributed by atoms with Crippen molar-refractivity contribution in [2.45, 2.75) is 25.4 Å². The zero-order chi connectivity index (χ0) is 14.5. The van der Waals surface area contributed by atoms with Crippen LogP contribution in [0.1, 0.15) is 24.9 Å². The number of hydrogen-bond donors (Lipinski definition) is 1. The fourth-order valence-electron chi connectivity index (χ4n) is 2.57. The first kappa shape index (κ1) is 15.7. The Morgan fingerprint density at radius 2 is 2.25 bits per heavy atom. The summed E-state index contributed by atoms with van der Waals surface area (Å²) in [6.07, 6.45) is 0.969. The zero-order valence-corrected chi connectivity index (χ0v) is 12.9. The smallest absolute Gasteiger partial charge is 0.163 e. The van der Waals surface area contributed by atoms with Crippen molar-refractivity contribution in [1.29, 1.82) is 0 Å². The number of rotatable bonds is 5. The van der Waals surface area contributed by atoms with E-state index in [0.29, 0.717) is 5.56 Å². The van der Waals surface area contributed by atoms with E-state index in [4.69, 9.17) is 0 Å². The lowest BCUT2D eigenvalue weighted by Gasteiger charge is -2.38. The van der Waals surface area contributed by atoms with Crippen LogP contribution in [0.15, 0.2) is 18.2 Å². The van der Waals surface area contributed by atoms with Gasteiger partial charge >= 0.3 is 0 Å². The van der Waals surface area contributed by atoms with Crippen LogP contribution in [0.4, 0.5) is 8.78 Å². The summed E-state index contributed by atoms with van der Waals surface area (Å²) >= 11 is 1.88. The highest BCUT2D eigenvalue weighted by atomic mass is 32.2. The first-order chi connectivity index (χ1) is 9.65. The molecule has 1 fully saturated rings. The number of nitrogens with one attached hydrogen (secondary N) is 1. The maximum atomic E-state index is 14.1. The molecule has 1 N–H and O–H groups in total. The van der Waals surface area contributed by atoms with Gasteiger partial charge in [0.25, 0.3) is 0 Å². The second-order valence-corrected chi connectivity index (χ2v) is 6.35. The first-order valence-electron chi connectivity index (χ1n) is 7.10. The number of halogens is 2. The summed E-state index contributed by atoms with van der Waals surface area (Å²) in [5, 5.41) is 3.39. The zero-order valence-electron chi connectivity index (χ0n) is 12.0. The maximum Gasteiger partial charge on any atom is 0.163 e. The molecule has 1 aromatic rings. The number of hydrogen-bond acceptors (Lipinski definition) is 3. The summed E-state index contributed by atoms with van der Waals surface area (Å²) in [7, 11) is 2.06. The molecule has 1 aliphatic heterocycles. The lowest BCUT2D eigenvalue weighted by Crippen LogP contribution is -2.48. The molecule has 0 bridgehead atoms. The minimum atomic E-state index is -0.767. The Morgan fingerprint density at radius 1 is 1.45 bits per heavy atom. The van der Waals surface area contributed by atoms with Crippen LogP contribution in [0.25, 0.3) is 0 Å². The van der Waals surface area contributed by atoms with Gasteiger partial charge < -0.3 is 5.32 Å². The minimum absolute atomic E-state index is 0.163. The van der Waals surface area contributed by atoms with Gasteiger partial charge in [0.2, 0.25) is 0 Å². The fraction of sp³-hybridized carbons (Fsp3) is 0.600. The van der Waals surface area contributed by atoms with Gasteiger partial charge in [-0.15, -0.1) is 0 Å². The standard InChI is InChI=1S/C15H22F2N2S/c1-3-7-18-15(13-10-20-9-8-19(13)2)11-5-4-6-12(16)14(11)17/h4-6,13,15,18H,3,7-10H2,1-2H3.